The van der Waals surface area contributed by atoms with Crippen LogP contribution in [0.15, 0.2) is 23.3 Å². The molecule has 4 rings (SSSR count). The number of carbonyl (C=O) groups excluding carboxylic acids is 2. The second-order valence-corrected chi connectivity index (χ2v) is 10.5. The smallest absolute Gasteiger partial charge is 0.333 e. The maximum Gasteiger partial charge on any atom is 0.333 e. The van der Waals surface area contributed by atoms with E-state index in [0.717, 1.165) is 37.7 Å². The molecule has 0 unspecified atom stereocenters. The van der Waals surface area contributed by atoms with Crippen molar-refractivity contribution in [2.24, 2.45) is 22.7 Å². The zero-order valence-electron chi connectivity index (χ0n) is 19.2. The minimum atomic E-state index is -0.238. The van der Waals surface area contributed by atoms with Gasteiger partial charge in [0.1, 0.15) is 18.3 Å². The fraction of sp³-hybridized carbons (Fsp3) is 0.760. The molecular weight excluding hydrogens is 380 g/mol. The van der Waals surface area contributed by atoms with Crippen LogP contribution < -0.4 is 0 Å². The fourth-order valence-corrected chi connectivity index (χ4v) is 6.69. The molecule has 30 heavy (non-hydrogen) atoms. The molecule has 0 aromatic carbocycles. The van der Waals surface area contributed by atoms with Crippen LogP contribution in [0.1, 0.15) is 73.6 Å². The Labute approximate surface area is 180 Å². The lowest BCUT2D eigenvalue weighted by Gasteiger charge is -2.61. The van der Waals surface area contributed by atoms with Gasteiger partial charge >= 0.3 is 11.9 Å². The van der Waals surface area contributed by atoms with Crippen molar-refractivity contribution in [2.45, 2.75) is 91.5 Å². The number of ether oxygens (including phenoxy) is 3. The first-order chi connectivity index (χ1) is 14.1. The van der Waals surface area contributed by atoms with Gasteiger partial charge in [0.15, 0.2) is 0 Å². The number of allylic oxidation sites excluding steroid dienone is 1. The summed E-state index contributed by atoms with van der Waals surface area (Å²) in [5, 5.41) is 0. The van der Waals surface area contributed by atoms with Crippen molar-refractivity contribution in [3.05, 3.63) is 23.3 Å². The summed E-state index contributed by atoms with van der Waals surface area (Å²) in [6.07, 6.45) is 8.46. The average Bonchev–Trinajstić information content (AvgIpc) is 3.23. The summed E-state index contributed by atoms with van der Waals surface area (Å²) in [6.45, 7) is 13.3. The summed E-state index contributed by atoms with van der Waals surface area (Å²) in [5.74, 6) is 0.357. The molecule has 2 heterocycles. The molecule has 0 aromatic rings. The number of fused-ring (bicyclic) bond motifs is 3. The van der Waals surface area contributed by atoms with Gasteiger partial charge in [-0.1, -0.05) is 26.8 Å². The standard InChI is InChI=1S/C25H36O5/c1-7-15(2)22(27)29-20-12-16(3)23(4,11-10-17-13-21(26)28-14-17)18-8-9-19-25(6,30-19)24(18,20)5/h7,13,16,18-20H,8-12,14H2,1-6H3/b15-7+/t16-,18+,19+,20-,23-,24+,25+/m1/s1. The van der Waals surface area contributed by atoms with E-state index in [0.29, 0.717) is 24.0 Å². The topological polar surface area (TPSA) is 65.1 Å². The molecule has 0 radical (unpaired) electrons. The Kier molecular flexibility index (Phi) is 5.20. The van der Waals surface area contributed by atoms with Crippen LogP contribution in [0.4, 0.5) is 0 Å². The maximum absolute atomic E-state index is 12.7. The van der Waals surface area contributed by atoms with Gasteiger partial charge in [0.2, 0.25) is 0 Å². The van der Waals surface area contributed by atoms with Crippen LogP contribution in [0, 0.1) is 22.7 Å². The van der Waals surface area contributed by atoms with Crippen LogP contribution in [-0.4, -0.2) is 36.4 Å². The minimum Gasteiger partial charge on any atom is -0.458 e. The summed E-state index contributed by atoms with van der Waals surface area (Å²) in [5.41, 5.74) is 1.37. The minimum absolute atomic E-state index is 0.0830. The van der Waals surface area contributed by atoms with E-state index in [1.165, 1.54) is 0 Å². The summed E-state index contributed by atoms with van der Waals surface area (Å²) in [7, 11) is 0. The molecule has 2 saturated carbocycles. The molecule has 3 fully saturated rings. The molecule has 2 aliphatic carbocycles. The van der Waals surface area contributed by atoms with Crippen LogP contribution in [-0.2, 0) is 23.8 Å². The van der Waals surface area contributed by atoms with Gasteiger partial charge in [-0.3, -0.25) is 0 Å². The lowest BCUT2D eigenvalue weighted by atomic mass is 9.43. The number of hydrogen-bond acceptors (Lipinski definition) is 5. The largest absolute Gasteiger partial charge is 0.458 e. The number of epoxide rings is 1. The highest BCUT2D eigenvalue weighted by molar-refractivity contribution is 5.87. The average molecular weight is 417 g/mol. The number of esters is 2. The van der Waals surface area contributed by atoms with E-state index in [1.807, 2.05) is 19.9 Å². The summed E-state index contributed by atoms with van der Waals surface area (Å²) >= 11 is 0. The SMILES string of the molecule is C/C=C(\C)C(=O)O[C@@H]1C[C@@H](C)[C@@](C)(CCC2=CC(=O)OC2)[C@@H]2CC[C@@H]3O[C@]3(C)[C@]12C. The predicted molar refractivity (Wildman–Crippen MR) is 114 cm³/mol. The third-order valence-corrected chi connectivity index (χ3v) is 9.32. The van der Waals surface area contributed by atoms with E-state index >= 15 is 0 Å². The predicted octanol–water partition coefficient (Wildman–Crippen LogP) is 4.75. The molecule has 0 bridgehead atoms. The number of cyclic esters (lactones) is 1. The van der Waals surface area contributed by atoms with Gasteiger partial charge in [-0.05, 0) is 75.7 Å². The fourth-order valence-electron chi connectivity index (χ4n) is 6.69. The highest BCUT2D eigenvalue weighted by Gasteiger charge is 2.75. The van der Waals surface area contributed by atoms with Crippen molar-refractivity contribution >= 4 is 11.9 Å². The molecule has 7 atom stereocenters. The zero-order valence-corrected chi connectivity index (χ0v) is 19.2. The quantitative estimate of drug-likeness (QED) is 0.368. The van der Waals surface area contributed by atoms with Crippen LogP contribution in [0.3, 0.4) is 0 Å². The Morgan fingerprint density at radius 2 is 2.03 bits per heavy atom. The third-order valence-electron chi connectivity index (χ3n) is 9.32. The molecule has 0 amide bonds. The van der Waals surface area contributed by atoms with Crippen molar-refractivity contribution in [1.82, 2.24) is 0 Å². The van der Waals surface area contributed by atoms with Crippen LogP contribution >= 0.6 is 0 Å². The monoisotopic (exact) mass is 416 g/mol. The lowest BCUT2D eigenvalue weighted by Crippen LogP contribution is -2.63. The van der Waals surface area contributed by atoms with Crippen LogP contribution in [0.2, 0.25) is 0 Å². The maximum atomic E-state index is 12.7. The van der Waals surface area contributed by atoms with Gasteiger partial charge in [-0.2, -0.15) is 0 Å². The second-order valence-electron chi connectivity index (χ2n) is 10.5. The van der Waals surface area contributed by atoms with Crippen molar-refractivity contribution in [3.63, 3.8) is 0 Å². The molecule has 2 aliphatic heterocycles. The first-order valence-corrected chi connectivity index (χ1v) is 11.4. The van der Waals surface area contributed by atoms with Gasteiger partial charge in [-0.25, -0.2) is 9.59 Å². The highest BCUT2D eigenvalue weighted by atomic mass is 16.6. The van der Waals surface area contributed by atoms with E-state index in [2.05, 4.69) is 27.7 Å². The van der Waals surface area contributed by atoms with Crippen molar-refractivity contribution in [3.8, 4) is 0 Å². The van der Waals surface area contributed by atoms with Gasteiger partial charge in [0, 0.05) is 17.1 Å². The van der Waals surface area contributed by atoms with Crippen molar-refractivity contribution in [1.29, 1.82) is 0 Å². The highest BCUT2D eigenvalue weighted by Crippen LogP contribution is 2.70. The lowest BCUT2D eigenvalue weighted by molar-refractivity contribution is -0.196. The summed E-state index contributed by atoms with van der Waals surface area (Å²) in [4.78, 5) is 24.2. The molecule has 0 aromatic heterocycles. The van der Waals surface area contributed by atoms with Crippen molar-refractivity contribution < 1.29 is 23.8 Å². The first kappa shape index (κ1) is 21.6. The van der Waals surface area contributed by atoms with Gasteiger partial charge in [0.05, 0.1) is 6.10 Å². The summed E-state index contributed by atoms with van der Waals surface area (Å²) in [6, 6.07) is 0. The molecule has 1 saturated heterocycles. The van der Waals surface area contributed by atoms with E-state index in [-0.39, 0.29) is 40.6 Å². The Morgan fingerprint density at radius 1 is 1.30 bits per heavy atom. The molecule has 0 N–H and O–H groups in total. The number of carbonyl (C=O) groups is 2. The molecule has 4 aliphatic rings. The van der Waals surface area contributed by atoms with Crippen LogP contribution in [0.5, 0.6) is 0 Å². The Hall–Kier alpha value is -1.62. The molecule has 5 heteroatoms. The van der Waals surface area contributed by atoms with Crippen molar-refractivity contribution in [2.75, 3.05) is 6.61 Å². The molecule has 0 spiro atoms. The van der Waals surface area contributed by atoms with Crippen LogP contribution in [0.25, 0.3) is 0 Å². The first-order valence-electron chi connectivity index (χ1n) is 11.4. The van der Waals surface area contributed by atoms with E-state index in [1.54, 1.807) is 6.08 Å². The Balaban J connectivity index is 1.63. The number of rotatable bonds is 5. The Morgan fingerprint density at radius 3 is 2.67 bits per heavy atom. The van der Waals surface area contributed by atoms with E-state index in [4.69, 9.17) is 14.2 Å². The molecular formula is C25H36O5. The van der Waals surface area contributed by atoms with E-state index in [9.17, 15) is 9.59 Å². The zero-order chi connectivity index (χ0) is 21.9. The normalized spacial score (nSPS) is 45.2. The summed E-state index contributed by atoms with van der Waals surface area (Å²) < 4.78 is 17.6. The van der Waals surface area contributed by atoms with Gasteiger partial charge in [-0.15, -0.1) is 0 Å². The van der Waals surface area contributed by atoms with Gasteiger partial charge < -0.3 is 14.2 Å². The van der Waals surface area contributed by atoms with Gasteiger partial charge in [0.25, 0.3) is 0 Å². The van der Waals surface area contributed by atoms with E-state index < -0.39 is 0 Å². The third kappa shape index (κ3) is 3.07. The molecule has 166 valence electrons. The number of hydrogen-bond donors (Lipinski definition) is 0. The Bertz CT molecular complexity index is 812. The second kappa shape index (κ2) is 7.22. The molecule has 5 nitrogen and oxygen atoms in total.